The van der Waals surface area contributed by atoms with E-state index in [-0.39, 0.29) is 17.0 Å². The van der Waals surface area contributed by atoms with Gasteiger partial charge in [-0.1, -0.05) is 11.6 Å². The molecular formula is C20H22ClN3O7. The van der Waals surface area contributed by atoms with Crippen molar-refractivity contribution in [3.63, 3.8) is 0 Å². The number of hydrogen-bond donors (Lipinski definition) is 2. The standard InChI is InChI=1S/C20H22ClN3O7/c1-9-14(18(26)29-4)16(15(10(2)23-9)19(27)30-5)20(28)31-11(3)17(25)24-13-7-6-12(21)8-22-13/h6-8,11,16,23H,1-5H3,(H,22,24,25)/t11-/m1/s1. The molecule has 0 bridgehead atoms. The summed E-state index contributed by atoms with van der Waals surface area (Å²) >= 11 is 5.76. The van der Waals surface area contributed by atoms with Crippen LogP contribution >= 0.6 is 11.6 Å². The quantitative estimate of drug-likeness (QED) is 0.489. The molecule has 2 rings (SSSR count). The normalized spacial score (nSPS) is 15.0. The number of aromatic nitrogens is 1. The van der Waals surface area contributed by atoms with Gasteiger partial charge in [-0.2, -0.15) is 0 Å². The molecule has 1 aromatic heterocycles. The molecular weight excluding hydrogens is 430 g/mol. The monoisotopic (exact) mass is 451 g/mol. The van der Waals surface area contributed by atoms with Crippen molar-refractivity contribution < 1.29 is 33.4 Å². The van der Waals surface area contributed by atoms with Crippen LogP contribution in [0.25, 0.3) is 0 Å². The largest absolute Gasteiger partial charge is 0.466 e. The van der Waals surface area contributed by atoms with Crippen molar-refractivity contribution in [1.82, 2.24) is 10.3 Å². The predicted octanol–water partition coefficient (Wildman–Crippen LogP) is 1.72. The average molecular weight is 452 g/mol. The molecule has 1 atom stereocenters. The van der Waals surface area contributed by atoms with Crippen molar-refractivity contribution >= 4 is 41.2 Å². The second kappa shape index (κ2) is 10.1. The van der Waals surface area contributed by atoms with Gasteiger partial charge >= 0.3 is 17.9 Å². The molecule has 2 heterocycles. The fraction of sp³-hybridized carbons (Fsp3) is 0.350. The SMILES string of the molecule is COC(=O)C1=C(C)NC(C)=C(C(=O)OC)C1C(=O)O[C@H](C)C(=O)Nc1ccc(Cl)cn1. The first-order chi connectivity index (χ1) is 14.6. The molecule has 0 spiro atoms. The Labute approximate surface area is 183 Å². The van der Waals surface area contributed by atoms with Crippen LogP contribution < -0.4 is 10.6 Å². The number of allylic oxidation sites excluding steroid dienone is 2. The van der Waals surface area contributed by atoms with Gasteiger partial charge in [-0.05, 0) is 32.9 Å². The number of hydrogen-bond acceptors (Lipinski definition) is 9. The second-order valence-electron chi connectivity index (χ2n) is 6.55. The Morgan fingerprint density at radius 2 is 1.61 bits per heavy atom. The Bertz CT molecular complexity index is 931. The maximum Gasteiger partial charge on any atom is 0.336 e. The second-order valence-corrected chi connectivity index (χ2v) is 6.98. The molecule has 0 fully saturated rings. The average Bonchev–Trinajstić information content (AvgIpc) is 2.73. The summed E-state index contributed by atoms with van der Waals surface area (Å²) in [7, 11) is 2.28. The van der Waals surface area contributed by atoms with E-state index in [0.29, 0.717) is 16.4 Å². The molecule has 2 N–H and O–H groups in total. The van der Waals surface area contributed by atoms with Crippen molar-refractivity contribution in [2.75, 3.05) is 19.5 Å². The summed E-state index contributed by atoms with van der Waals surface area (Å²) in [5.74, 6) is -4.56. The Balaban J connectivity index is 2.29. The molecule has 1 aliphatic heterocycles. The van der Waals surface area contributed by atoms with Gasteiger partial charge in [0.2, 0.25) is 0 Å². The minimum Gasteiger partial charge on any atom is -0.466 e. The van der Waals surface area contributed by atoms with E-state index in [1.165, 1.54) is 25.3 Å². The Morgan fingerprint density at radius 1 is 1.06 bits per heavy atom. The molecule has 0 aromatic carbocycles. The van der Waals surface area contributed by atoms with E-state index in [9.17, 15) is 19.2 Å². The van der Waals surface area contributed by atoms with E-state index in [2.05, 4.69) is 15.6 Å². The zero-order chi connectivity index (χ0) is 23.3. The van der Waals surface area contributed by atoms with E-state index < -0.39 is 35.8 Å². The fourth-order valence-corrected chi connectivity index (χ4v) is 3.08. The van der Waals surface area contributed by atoms with Crippen LogP contribution in [-0.4, -0.2) is 49.1 Å². The predicted molar refractivity (Wildman–Crippen MR) is 109 cm³/mol. The number of ether oxygens (including phenoxy) is 3. The number of methoxy groups -OCH3 is 2. The molecule has 0 saturated carbocycles. The number of pyridine rings is 1. The van der Waals surface area contributed by atoms with Crippen molar-refractivity contribution in [2.45, 2.75) is 26.9 Å². The van der Waals surface area contributed by atoms with Gasteiger partial charge in [-0.3, -0.25) is 9.59 Å². The summed E-state index contributed by atoms with van der Waals surface area (Å²) in [5.41, 5.74) is 0.374. The van der Waals surface area contributed by atoms with Crippen LogP contribution in [0.15, 0.2) is 40.9 Å². The number of dihydropyridines is 1. The molecule has 10 nitrogen and oxygen atoms in total. The first-order valence-electron chi connectivity index (χ1n) is 9.08. The molecule has 1 amide bonds. The third kappa shape index (κ3) is 5.40. The van der Waals surface area contributed by atoms with Gasteiger partial charge in [-0.15, -0.1) is 0 Å². The van der Waals surface area contributed by atoms with Crippen LogP contribution in [0, 0.1) is 5.92 Å². The zero-order valence-corrected chi connectivity index (χ0v) is 18.3. The van der Waals surface area contributed by atoms with Crippen LogP contribution in [0.5, 0.6) is 0 Å². The lowest BCUT2D eigenvalue weighted by atomic mass is 9.85. The number of carbonyl (C=O) groups excluding carboxylic acids is 4. The third-order valence-corrected chi connectivity index (χ3v) is 4.67. The lowest BCUT2D eigenvalue weighted by molar-refractivity contribution is -0.157. The van der Waals surface area contributed by atoms with E-state index in [4.69, 9.17) is 25.8 Å². The Hall–Kier alpha value is -3.40. The number of halogens is 1. The van der Waals surface area contributed by atoms with E-state index in [1.54, 1.807) is 13.8 Å². The van der Waals surface area contributed by atoms with E-state index >= 15 is 0 Å². The van der Waals surface area contributed by atoms with Gasteiger partial charge < -0.3 is 24.8 Å². The summed E-state index contributed by atoms with van der Waals surface area (Å²) in [6.45, 7) is 4.44. The molecule has 0 saturated heterocycles. The summed E-state index contributed by atoms with van der Waals surface area (Å²) in [4.78, 5) is 54.0. The highest BCUT2D eigenvalue weighted by Gasteiger charge is 2.43. The van der Waals surface area contributed by atoms with Crippen molar-refractivity contribution in [2.24, 2.45) is 5.92 Å². The third-order valence-electron chi connectivity index (χ3n) is 4.45. The molecule has 0 unspecified atom stereocenters. The van der Waals surface area contributed by atoms with Crippen molar-refractivity contribution in [3.8, 4) is 0 Å². The number of nitrogens with zero attached hydrogens (tertiary/aromatic N) is 1. The maximum atomic E-state index is 13.0. The lowest BCUT2D eigenvalue weighted by Crippen LogP contribution is -2.40. The molecule has 0 aliphatic carbocycles. The van der Waals surface area contributed by atoms with E-state index in [0.717, 1.165) is 14.2 Å². The smallest absolute Gasteiger partial charge is 0.336 e. The van der Waals surface area contributed by atoms with Gasteiger partial charge in [0, 0.05) is 17.6 Å². The van der Waals surface area contributed by atoms with Crippen LogP contribution in [0.2, 0.25) is 5.02 Å². The first kappa shape index (κ1) is 23.9. The maximum absolute atomic E-state index is 13.0. The van der Waals surface area contributed by atoms with Crippen LogP contribution in [0.3, 0.4) is 0 Å². The summed E-state index contributed by atoms with van der Waals surface area (Å²) in [5, 5.41) is 5.73. The molecule has 1 aromatic rings. The number of carbonyl (C=O) groups is 4. The van der Waals surface area contributed by atoms with Crippen molar-refractivity contribution in [1.29, 1.82) is 0 Å². The fourth-order valence-electron chi connectivity index (χ4n) is 2.96. The van der Waals surface area contributed by atoms with Crippen molar-refractivity contribution in [3.05, 3.63) is 45.9 Å². The Morgan fingerprint density at radius 3 is 2.06 bits per heavy atom. The number of anilines is 1. The number of rotatable bonds is 6. The van der Waals surface area contributed by atoms with E-state index in [1.807, 2.05) is 0 Å². The van der Waals surface area contributed by atoms with Gasteiger partial charge in [0.05, 0.1) is 30.4 Å². The number of amides is 1. The number of nitrogens with one attached hydrogen (secondary N) is 2. The van der Waals surface area contributed by atoms with Gasteiger partial charge in [0.1, 0.15) is 11.7 Å². The highest BCUT2D eigenvalue weighted by molar-refractivity contribution is 6.30. The summed E-state index contributed by atoms with van der Waals surface area (Å²) in [6, 6.07) is 3.01. The summed E-state index contributed by atoms with van der Waals surface area (Å²) in [6.07, 6.45) is 0.0771. The van der Waals surface area contributed by atoms with Gasteiger partial charge in [0.25, 0.3) is 5.91 Å². The van der Waals surface area contributed by atoms with Crippen LogP contribution in [0.4, 0.5) is 5.82 Å². The highest BCUT2D eigenvalue weighted by Crippen LogP contribution is 2.32. The minimum atomic E-state index is -1.44. The van der Waals surface area contributed by atoms with Crippen LogP contribution in [0.1, 0.15) is 20.8 Å². The number of esters is 3. The summed E-state index contributed by atoms with van der Waals surface area (Å²) < 4.78 is 14.8. The van der Waals surface area contributed by atoms with Crippen LogP contribution in [-0.2, 0) is 33.4 Å². The van der Waals surface area contributed by atoms with Gasteiger partial charge in [-0.25, -0.2) is 14.6 Å². The molecule has 31 heavy (non-hydrogen) atoms. The van der Waals surface area contributed by atoms with Gasteiger partial charge in [0.15, 0.2) is 6.10 Å². The molecule has 1 aliphatic rings. The molecule has 166 valence electrons. The highest BCUT2D eigenvalue weighted by atomic mass is 35.5. The minimum absolute atomic E-state index is 0.120. The lowest BCUT2D eigenvalue weighted by Gasteiger charge is -2.29. The molecule has 0 radical (unpaired) electrons. The topological polar surface area (TPSA) is 133 Å². The Kier molecular flexibility index (Phi) is 7.76. The first-order valence-corrected chi connectivity index (χ1v) is 9.46. The zero-order valence-electron chi connectivity index (χ0n) is 17.6. The molecule has 11 heteroatoms.